The zero-order valence-electron chi connectivity index (χ0n) is 20.9. The van der Waals surface area contributed by atoms with Crippen LogP contribution in [0.4, 0.5) is 11.4 Å². The van der Waals surface area contributed by atoms with Gasteiger partial charge in [-0.25, -0.2) is 4.99 Å². The van der Waals surface area contributed by atoms with Crippen LogP contribution in [0.1, 0.15) is 28.4 Å². The molecule has 1 aliphatic rings. The van der Waals surface area contributed by atoms with Crippen molar-refractivity contribution in [2.75, 3.05) is 18.5 Å². The number of carbonyl (C=O) groups excluding carboxylic acids is 3. The molecule has 0 spiro atoms. The van der Waals surface area contributed by atoms with Gasteiger partial charge in [0.25, 0.3) is 11.8 Å². The number of thioether (sulfide) groups is 1. The topological polar surface area (TPSA) is 129 Å². The van der Waals surface area contributed by atoms with Crippen molar-refractivity contribution in [3.63, 3.8) is 0 Å². The Kier molecular flexibility index (Phi) is 9.05. The third kappa shape index (κ3) is 7.49. The number of nitrogens with zero attached hydrogens (tertiary/aromatic N) is 1. The van der Waals surface area contributed by atoms with Crippen molar-refractivity contribution in [3.05, 3.63) is 86.7 Å². The number of carbonyl (C=O) groups is 3. The number of aromatic carboxylic acids is 1. The Morgan fingerprint density at radius 2 is 1.85 bits per heavy atom. The molecule has 0 atom stereocenters. The van der Waals surface area contributed by atoms with Gasteiger partial charge in [0, 0.05) is 10.2 Å². The normalized spacial score (nSPS) is 14.8. The van der Waals surface area contributed by atoms with Gasteiger partial charge >= 0.3 is 0 Å². The number of anilines is 1. The van der Waals surface area contributed by atoms with E-state index in [0.717, 1.165) is 17.3 Å². The number of halogens is 1. The smallest absolute Gasteiger partial charge is 0.264 e. The zero-order valence-corrected chi connectivity index (χ0v) is 23.4. The van der Waals surface area contributed by atoms with Crippen molar-refractivity contribution in [3.8, 4) is 11.5 Å². The van der Waals surface area contributed by atoms with E-state index in [9.17, 15) is 19.5 Å². The predicted molar refractivity (Wildman–Crippen MR) is 152 cm³/mol. The van der Waals surface area contributed by atoms with Gasteiger partial charge in [-0.05, 0) is 79.2 Å². The molecule has 11 heteroatoms. The number of hydrogen-bond acceptors (Lipinski definition) is 8. The van der Waals surface area contributed by atoms with Crippen LogP contribution in [-0.2, 0) is 9.59 Å². The van der Waals surface area contributed by atoms with Crippen molar-refractivity contribution in [1.82, 2.24) is 5.32 Å². The number of ether oxygens (including phenoxy) is 2. The SMILES string of the molecule is CCOc1cc(/C=C2\SC(=Nc3cccc(C(=O)[O-])c3)NC2=O)c(Br)cc1OCC(=O)Nc1ccc(C)cc1. The Balaban J connectivity index is 1.49. The van der Waals surface area contributed by atoms with Crippen LogP contribution in [0, 0.1) is 6.92 Å². The maximum Gasteiger partial charge on any atom is 0.264 e. The first kappa shape index (κ1) is 27.9. The quantitative estimate of drug-likeness (QED) is 0.344. The van der Waals surface area contributed by atoms with E-state index in [2.05, 4.69) is 31.6 Å². The molecule has 1 aliphatic heterocycles. The van der Waals surface area contributed by atoms with E-state index in [1.807, 2.05) is 38.1 Å². The van der Waals surface area contributed by atoms with Crippen LogP contribution in [-0.4, -0.2) is 36.2 Å². The number of aryl methyl sites for hydroxylation is 1. The molecule has 3 aromatic carbocycles. The molecule has 9 nitrogen and oxygen atoms in total. The monoisotopic (exact) mass is 608 g/mol. The number of aliphatic imine (C=N–C) groups is 1. The lowest BCUT2D eigenvalue weighted by molar-refractivity contribution is -0.255. The fraction of sp³-hybridized carbons (Fsp3) is 0.143. The van der Waals surface area contributed by atoms with Crippen molar-refractivity contribution in [1.29, 1.82) is 0 Å². The molecule has 3 aromatic rings. The highest BCUT2D eigenvalue weighted by atomic mass is 79.9. The maximum atomic E-state index is 12.6. The van der Waals surface area contributed by atoms with Crippen LogP contribution in [0.2, 0.25) is 0 Å². The fourth-order valence-electron chi connectivity index (χ4n) is 3.46. The third-order valence-electron chi connectivity index (χ3n) is 5.31. The highest BCUT2D eigenvalue weighted by Gasteiger charge is 2.24. The maximum absolute atomic E-state index is 12.6. The molecule has 0 bridgehead atoms. The van der Waals surface area contributed by atoms with Gasteiger partial charge in [0.1, 0.15) is 0 Å². The number of hydrogen-bond donors (Lipinski definition) is 2. The van der Waals surface area contributed by atoms with Crippen LogP contribution in [0.3, 0.4) is 0 Å². The van der Waals surface area contributed by atoms with Gasteiger partial charge < -0.3 is 30.0 Å². The molecule has 0 radical (unpaired) electrons. The number of rotatable bonds is 9. The van der Waals surface area contributed by atoms with Crippen LogP contribution < -0.4 is 25.2 Å². The van der Waals surface area contributed by atoms with E-state index >= 15 is 0 Å². The van der Waals surface area contributed by atoms with Crippen LogP contribution in [0.25, 0.3) is 6.08 Å². The summed E-state index contributed by atoms with van der Waals surface area (Å²) in [6.07, 6.45) is 1.67. The van der Waals surface area contributed by atoms with Gasteiger partial charge in [-0.1, -0.05) is 45.8 Å². The van der Waals surface area contributed by atoms with Crippen molar-refractivity contribution < 1.29 is 29.0 Å². The number of amidine groups is 1. The Bertz CT molecular complexity index is 1490. The second-order valence-corrected chi connectivity index (χ2v) is 10.2. The highest BCUT2D eigenvalue weighted by molar-refractivity contribution is 9.10. The van der Waals surface area contributed by atoms with Gasteiger partial charge in [0.15, 0.2) is 23.3 Å². The minimum atomic E-state index is -1.31. The van der Waals surface area contributed by atoms with Crippen LogP contribution >= 0.6 is 27.7 Å². The number of amides is 2. The lowest BCUT2D eigenvalue weighted by Gasteiger charge is -2.14. The molecule has 0 saturated carbocycles. The summed E-state index contributed by atoms with van der Waals surface area (Å²) in [6.45, 7) is 3.93. The number of nitrogens with one attached hydrogen (secondary N) is 2. The van der Waals surface area contributed by atoms with E-state index in [-0.39, 0.29) is 24.0 Å². The molecular weight excluding hydrogens is 586 g/mol. The van der Waals surface area contributed by atoms with Gasteiger partial charge in [0.05, 0.1) is 23.2 Å². The summed E-state index contributed by atoms with van der Waals surface area (Å²) in [7, 11) is 0. The van der Waals surface area contributed by atoms with Crippen molar-refractivity contribution in [2.45, 2.75) is 13.8 Å². The lowest BCUT2D eigenvalue weighted by Crippen LogP contribution is -2.22. The summed E-state index contributed by atoms with van der Waals surface area (Å²) < 4.78 is 12.1. The van der Waals surface area contributed by atoms with E-state index < -0.39 is 5.97 Å². The molecule has 2 N–H and O–H groups in total. The molecule has 1 heterocycles. The molecule has 4 rings (SSSR count). The molecule has 1 saturated heterocycles. The summed E-state index contributed by atoms with van der Waals surface area (Å²) in [5.74, 6) is -1.21. The van der Waals surface area contributed by atoms with Crippen molar-refractivity contribution >= 4 is 68.1 Å². The largest absolute Gasteiger partial charge is 0.545 e. The summed E-state index contributed by atoms with van der Waals surface area (Å²) in [4.78, 5) is 40.8. The molecule has 39 heavy (non-hydrogen) atoms. The second kappa shape index (κ2) is 12.6. The zero-order chi connectivity index (χ0) is 27.9. The average molecular weight is 609 g/mol. The molecular formula is C28H23BrN3O6S-. The standard InChI is InChI=1S/C28H24BrN3O6S/c1-3-37-22-12-18(21(29)14-23(22)38-15-25(33)30-19-9-7-16(2)8-10-19)13-24-26(34)32-28(39-24)31-20-6-4-5-17(11-20)27(35)36/h4-14H,3,15H2,1-2H3,(H,30,33)(H,35,36)(H,31,32,34)/p-1/b24-13-. The summed E-state index contributed by atoms with van der Waals surface area (Å²) in [5, 5.41) is 16.9. The Morgan fingerprint density at radius 1 is 1.10 bits per heavy atom. The summed E-state index contributed by atoms with van der Waals surface area (Å²) in [6, 6.07) is 16.8. The van der Waals surface area contributed by atoms with Gasteiger partial charge in [-0.15, -0.1) is 0 Å². The predicted octanol–water partition coefficient (Wildman–Crippen LogP) is 4.43. The number of carboxylic acid groups (broad SMARTS) is 1. The lowest BCUT2D eigenvalue weighted by atomic mass is 10.2. The van der Waals surface area contributed by atoms with E-state index in [0.29, 0.717) is 49.6 Å². The van der Waals surface area contributed by atoms with Gasteiger partial charge in [-0.2, -0.15) is 0 Å². The summed E-state index contributed by atoms with van der Waals surface area (Å²) >= 11 is 4.62. The minimum absolute atomic E-state index is 0.00994. The molecule has 1 fully saturated rings. The third-order valence-corrected chi connectivity index (χ3v) is 6.90. The average Bonchev–Trinajstić information content (AvgIpc) is 3.24. The Hall–Kier alpha value is -4.09. The van der Waals surface area contributed by atoms with E-state index in [4.69, 9.17) is 9.47 Å². The Morgan fingerprint density at radius 3 is 2.56 bits per heavy atom. The first-order valence-electron chi connectivity index (χ1n) is 11.8. The van der Waals surface area contributed by atoms with Gasteiger partial charge in [0.2, 0.25) is 0 Å². The van der Waals surface area contributed by atoms with Crippen LogP contribution in [0.5, 0.6) is 11.5 Å². The molecule has 0 aromatic heterocycles. The summed E-state index contributed by atoms with van der Waals surface area (Å²) in [5.41, 5.74) is 2.76. The minimum Gasteiger partial charge on any atom is -0.545 e. The number of benzene rings is 3. The number of carboxylic acids is 1. The second-order valence-electron chi connectivity index (χ2n) is 8.28. The fourth-order valence-corrected chi connectivity index (χ4v) is 4.73. The Labute approximate surface area is 237 Å². The molecule has 0 unspecified atom stereocenters. The highest BCUT2D eigenvalue weighted by Crippen LogP contribution is 2.37. The van der Waals surface area contributed by atoms with E-state index in [1.54, 1.807) is 30.3 Å². The van der Waals surface area contributed by atoms with E-state index in [1.165, 1.54) is 12.1 Å². The molecule has 200 valence electrons. The first-order valence-corrected chi connectivity index (χ1v) is 13.4. The molecule has 2 amide bonds. The van der Waals surface area contributed by atoms with Gasteiger partial charge in [-0.3, -0.25) is 9.59 Å². The first-order chi connectivity index (χ1) is 18.7. The molecule has 0 aliphatic carbocycles. The van der Waals surface area contributed by atoms with Crippen LogP contribution in [0.15, 0.2) is 75.0 Å². The van der Waals surface area contributed by atoms with Crippen molar-refractivity contribution in [2.24, 2.45) is 4.99 Å².